The molecule has 4 aromatic rings. The van der Waals surface area contributed by atoms with Crippen LogP contribution in [0.1, 0.15) is 22.8 Å². The Balaban J connectivity index is 1.33. The molecular formula is C31H25F6N5O4S. The highest BCUT2D eigenvalue weighted by Crippen LogP contribution is 2.42. The van der Waals surface area contributed by atoms with E-state index in [1.807, 2.05) is 0 Å². The largest absolute Gasteiger partial charge is 0.573 e. The Kier molecular flexibility index (Phi) is 9.36. The maximum absolute atomic E-state index is 13.8. The lowest BCUT2D eigenvalue weighted by Crippen LogP contribution is -2.33. The van der Waals surface area contributed by atoms with Crippen molar-refractivity contribution in [1.82, 2.24) is 9.55 Å². The molecule has 47 heavy (non-hydrogen) atoms. The van der Waals surface area contributed by atoms with Crippen molar-refractivity contribution < 1.29 is 45.4 Å². The fourth-order valence-corrected chi connectivity index (χ4v) is 5.67. The molecule has 16 heteroatoms. The summed E-state index contributed by atoms with van der Waals surface area (Å²) in [4.78, 5) is 35.2. The highest BCUT2D eigenvalue weighted by Gasteiger charge is 2.44. The fourth-order valence-electron chi connectivity index (χ4n) is 4.81. The number of amides is 3. The van der Waals surface area contributed by atoms with Gasteiger partial charge < -0.3 is 19.4 Å². The number of ether oxygens (including phenoxy) is 2. The second-order valence-corrected chi connectivity index (χ2v) is 11.2. The van der Waals surface area contributed by atoms with Gasteiger partial charge in [-0.3, -0.25) is 9.69 Å². The van der Waals surface area contributed by atoms with E-state index >= 15 is 0 Å². The Morgan fingerprint density at radius 1 is 1.02 bits per heavy atom. The molecule has 0 bridgehead atoms. The number of hydrogen-bond acceptors (Lipinski definition) is 6. The highest BCUT2D eigenvalue weighted by molar-refractivity contribution is 8.15. The van der Waals surface area contributed by atoms with Gasteiger partial charge in [0, 0.05) is 35.8 Å². The summed E-state index contributed by atoms with van der Waals surface area (Å²) in [6, 6.07) is 13.6. The number of alkyl halides is 6. The van der Waals surface area contributed by atoms with Gasteiger partial charge in [0.05, 0.1) is 23.5 Å². The number of aliphatic imine (C=N–C) groups is 1. The quantitative estimate of drug-likeness (QED) is 0.199. The van der Waals surface area contributed by atoms with E-state index in [-0.39, 0.29) is 27.9 Å². The molecular weight excluding hydrogens is 652 g/mol. The van der Waals surface area contributed by atoms with Crippen molar-refractivity contribution in [3.8, 4) is 22.7 Å². The summed E-state index contributed by atoms with van der Waals surface area (Å²) in [6.07, 6.45) is -8.70. The summed E-state index contributed by atoms with van der Waals surface area (Å²) < 4.78 is 88.9. The van der Waals surface area contributed by atoms with E-state index in [2.05, 4.69) is 20.0 Å². The topological polar surface area (TPSA) is 98.1 Å². The molecule has 246 valence electrons. The molecule has 1 aliphatic heterocycles. The van der Waals surface area contributed by atoms with E-state index in [9.17, 15) is 35.9 Å². The number of carbonyl (C=O) groups excluding carboxylic acids is 2. The molecule has 3 aromatic carbocycles. The van der Waals surface area contributed by atoms with E-state index in [0.29, 0.717) is 33.8 Å². The van der Waals surface area contributed by atoms with Crippen molar-refractivity contribution >= 4 is 40.2 Å². The van der Waals surface area contributed by atoms with Crippen LogP contribution in [0.3, 0.4) is 0 Å². The molecule has 1 aliphatic rings. The number of amidine groups is 1. The van der Waals surface area contributed by atoms with Crippen molar-refractivity contribution in [3.05, 3.63) is 89.9 Å². The molecule has 1 atom stereocenters. The van der Waals surface area contributed by atoms with Crippen molar-refractivity contribution in [2.45, 2.75) is 32.5 Å². The van der Waals surface area contributed by atoms with E-state index in [0.717, 1.165) is 23.8 Å². The van der Waals surface area contributed by atoms with Gasteiger partial charge in [0.25, 0.3) is 0 Å². The summed E-state index contributed by atoms with van der Waals surface area (Å²) >= 11 is 0.917. The minimum Gasteiger partial charge on any atom is -0.406 e. The average Bonchev–Trinajstić information content (AvgIpc) is 3.61. The van der Waals surface area contributed by atoms with Gasteiger partial charge in [-0.15, -0.1) is 13.2 Å². The first-order chi connectivity index (χ1) is 22.1. The number of halogens is 6. The first-order valence-electron chi connectivity index (χ1n) is 13.7. The van der Waals surface area contributed by atoms with Crippen LogP contribution in [-0.2, 0) is 9.53 Å². The standard InChI is InChI=1S/C31H25F6N5O4S/c1-17-4-10-22(27(45-3)30(32,33)34)25(12-17)42-26(43)15-47-29(42)40-28(44)39-23-11-5-19(13-18(23)2)24-14-41(16-38-24)20-6-8-21(9-7-20)46-31(35,36)37/h4-14,16,27H,15H2,1-3H3,(H,39,44). The second-order valence-electron chi connectivity index (χ2n) is 10.3. The third-order valence-electron chi connectivity index (χ3n) is 6.92. The molecule has 1 aromatic heterocycles. The number of nitrogens with one attached hydrogen (secondary N) is 1. The van der Waals surface area contributed by atoms with Gasteiger partial charge in [-0.25, -0.2) is 9.78 Å². The molecule has 0 aliphatic carbocycles. The van der Waals surface area contributed by atoms with Crippen molar-refractivity contribution in [1.29, 1.82) is 0 Å². The second kappa shape index (κ2) is 13.1. The number of hydrogen-bond donors (Lipinski definition) is 1. The minimum atomic E-state index is -4.80. The number of benzene rings is 3. The first-order valence-corrected chi connectivity index (χ1v) is 14.7. The van der Waals surface area contributed by atoms with E-state index in [1.54, 1.807) is 42.8 Å². The predicted octanol–water partition coefficient (Wildman–Crippen LogP) is 7.97. The van der Waals surface area contributed by atoms with Gasteiger partial charge in [0.1, 0.15) is 5.75 Å². The van der Waals surface area contributed by atoms with Gasteiger partial charge in [-0.05, 0) is 67.4 Å². The smallest absolute Gasteiger partial charge is 0.406 e. The average molecular weight is 678 g/mol. The molecule has 3 amide bonds. The Bertz CT molecular complexity index is 1840. The van der Waals surface area contributed by atoms with Crippen molar-refractivity contribution in [2.24, 2.45) is 4.99 Å². The lowest BCUT2D eigenvalue weighted by molar-refractivity contribution is -0.274. The van der Waals surface area contributed by atoms with Crippen LogP contribution in [0.25, 0.3) is 16.9 Å². The number of thioether (sulfide) groups is 1. The highest BCUT2D eigenvalue weighted by atomic mass is 32.2. The number of imidazole rings is 1. The van der Waals surface area contributed by atoms with Gasteiger partial charge >= 0.3 is 18.6 Å². The lowest BCUT2D eigenvalue weighted by Gasteiger charge is -2.26. The Labute approximate surface area is 268 Å². The Morgan fingerprint density at radius 3 is 2.38 bits per heavy atom. The summed E-state index contributed by atoms with van der Waals surface area (Å²) in [5.74, 6) is -1.03. The molecule has 9 nitrogen and oxygen atoms in total. The van der Waals surface area contributed by atoms with Crippen LogP contribution in [0.5, 0.6) is 5.75 Å². The van der Waals surface area contributed by atoms with Gasteiger partial charge in [-0.2, -0.15) is 18.2 Å². The summed E-state index contributed by atoms with van der Waals surface area (Å²) in [7, 11) is 0.920. The number of aryl methyl sites for hydroxylation is 2. The van der Waals surface area contributed by atoms with Crippen LogP contribution in [0.4, 0.5) is 42.5 Å². The first kappa shape index (κ1) is 33.5. The van der Waals surface area contributed by atoms with Gasteiger partial charge in [0.15, 0.2) is 11.3 Å². The zero-order chi connectivity index (χ0) is 34.1. The Hall–Kier alpha value is -4.83. The van der Waals surface area contributed by atoms with E-state index in [4.69, 9.17) is 4.74 Å². The summed E-state index contributed by atoms with van der Waals surface area (Å²) in [5, 5.41) is 2.55. The number of carbonyl (C=O) groups is 2. The van der Waals surface area contributed by atoms with Crippen LogP contribution in [-0.4, -0.2) is 52.1 Å². The van der Waals surface area contributed by atoms with Crippen LogP contribution >= 0.6 is 11.8 Å². The normalized spacial score (nSPS) is 15.3. The van der Waals surface area contributed by atoms with E-state index in [1.165, 1.54) is 48.8 Å². The predicted molar refractivity (Wildman–Crippen MR) is 164 cm³/mol. The maximum atomic E-state index is 13.8. The molecule has 0 spiro atoms. The number of anilines is 2. The van der Waals surface area contributed by atoms with Crippen molar-refractivity contribution in [3.63, 3.8) is 0 Å². The lowest BCUT2D eigenvalue weighted by atomic mass is 10.0. The zero-order valence-corrected chi connectivity index (χ0v) is 25.6. The Morgan fingerprint density at radius 2 is 1.74 bits per heavy atom. The van der Waals surface area contributed by atoms with Crippen molar-refractivity contribution in [2.75, 3.05) is 23.1 Å². The molecule has 1 fully saturated rings. The SMILES string of the molecule is COC(c1ccc(C)cc1N1C(=O)CSC1=NC(=O)Nc1ccc(-c2cn(-c3ccc(OC(F)(F)F)cc3)cn2)cc1C)C(F)(F)F. The summed E-state index contributed by atoms with van der Waals surface area (Å²) in [6.45, 7) is 3.38. The van der Waals surface area contributed by atoms with Gasteiger partial charge in [0.2, 0.25) is 5.91 Å². The maximum Gasteiger partial charge on any atom is 0.573 e. The number of rotatable bonds is 7. The van der Waals surface area contributed by atoms with Crippen LogP contribution < -0.4 is 15.0 Å². The molecule has 5 rings (SSSR count). The molecule has 1 N–H and O–H groups in total. The molecule has 0 saturated carbocycles. The van der Waals surface area contributed by atoms with Crippen LogP contribution in [0.15, 0.2) is 78.2 Å². The van der Waals surface area contributed by atoms with Gasteiger partial charge in [-0.1, -0.05) is 30.0 Å². The number of aromatic nitrogens is 2. The molecule has 0 radical (unpaired) electrons. The zero-order valence-electron chi connectivity index (χ0n) is 24.8. The molecule has 1 saturated heterocycles. The number of nitrogens with zero attached hydrogens (tertiary/aromatic N) is 4. The minimum absolute atomic E-state index is 0.0821. The fraction of sp³-hybridized carbons (Fsp3) is 0.226. The summed E-state index contributed by atoms with van der Waals surface area (Å²) in [5.41, 5.74) is 2.98. The molecule has 2 heterocycles. The van der Waals surface area contributed by atoms with Crippen LogP contribution in [0, 0.1) is 13.8 Å². The van der Waals surface area contributed by atoms with E-state index < -0.39 is 30.6 Å². The third-order valence-corrected chi connectivity index (χ3v) is 7.84. The molecule has 1 unspecified atom stereocenters. The number of methoxy groups -OCH3 is 1. The third kappa shape index (κ3) is 7.77. The monoisotopic (exact) mass is 677 g/mol. The number of urea groups is 1. The van der Waals surface area contributed by atoms with Crippen LogP contribution in [0.2, 0.25) is 0 Å².